The molecular formula is C17H9ClFNO3S2. The van der Waals surface area contributed by atoms with Crippen molar-refractivity contribution >= 4 is 50.3 Å². The van der Waals surface area contributed by atoms with Gasteiger partial charge < -0.3 is 9.15 Å². The van der Waals surface area contributed by atoms with E-state index in [4.69, 9.17) is 20.8 Å². The van der Waals surface area contributed by atoms with Crippen LogP contribution in [0.4, 0.5) is 4.39 Å². The van der Waals surface area contributed by atoms with Gasteiger partial charge in [0.2, 0.25) is 11.7 Å². The van der Waals surface area contributed by atoms with E-state index in [1.165, 1.54) is 41.7 Å². The summed E-state index contributed by atoms with van der Waals surface area (Å²) in [5.74, 6) is -0.0715. The van der Waals surface area contributed by atoms with E-state index in [2.05, 4.69) is 4.98 Å². The molecule has 0 atom stereocenters. The lowest BCUT2D eigenvalue weighted by atomic mass is 10.2. The van der Waals surface area contributed by atoms with Gasteiger partial charge in [-0.15, -0.1) is 22.7 Å². The Balaban J connectivity index is 1.83. The van der Waals surface area contributed by atoms with E-state index in [-0.39, 0.29) is 11.7 Å². The van der Waals surface area contributed by atoms with E-state index < -0.39 is 5.97 Å². The molecule has 1 aromatic carbocycles. The molecule has 0 unspecified atom stereocenters. The van der Waals surface area contributed by atoms with E-state index in [0.29, 0.717) is 25.7 Å². The first-order valence-corrected chi connectivity index (χ1v) is 9.15. The lowest BCUT2D eigenvalue weighted by Gasteiger charge is -1.96. The van der Waals surface area contributed by atoms with E-state index in [1.807, 2.05) is 6.07 Å². The normalized spacial score (nSPS) is 11.2. The number of hydrogen-bond acceptors (Lipinski definition) is 6. The van der Waals surface area contributed by atoms with Crippen molar-refractivity contribution in [2.45, 2.75) is 6.92 Å². The number of oxazole rings is 1. The lowest BCUT2D eigenvalue weighted by Crippen LogP contribution is -2.02. The van der Waals surface area contributed by atoms with Crippen LogP contribution in [0.15, 0.2) is 40.8 Å². The molecule has 4 aromatic rings. The van der Waals surface area contributed by atoms with Crippen molar-refractivity contribution in [1.82, 2.24) is 4.98 Å². The second kappa shape index (κ2) is 6.25. The molecule has 0 aliphatic rings. The Bertz CT molecular complexity index is 1100. The zero-order valence-electron chi connectivity index (χ0n) is 12.7. The van der Waals surface area contributed by atoms with Crippen LogP contribution in [0, 0.1) is 5.82 Å². The van der Waals surface area contributed by atoms with Crippen LogP contribution >= 0.6 is 34.3 Å². The van der Waals surface area contributed by atoms with Crippen LogP contribution in [0.2, 0.25) is 4.34 Å². The van der Waals surface area contributed by atoms with Crippen LogP contribution < -0.4 is 4.74 Å². The predicted octanol–water partition coefficient (Wildman–Crippen LogP) is 6.00. The number of carbonyl (C=O) groups excluding carboxylic acids is 1. The number of nitrogens with zero attached hydrogens (tertiary/aromatic N) is 1. The summed E-state index contributed by atoms with van der Waals surface area (Å²) in [4.78, 5) is 17.1. The van der Waals surface area contributed by atoms with Crippen LogP contribution in [0.25, 0.3) is 31.5 Å². The van der Waals surface area contributed by atoms with Gasteiger partial charge in [0, 0.05) is 11.6 Å². The molecular weight excluding hydrogens is 385 g/mol. The van der Waals surface area contributed by atoms with E-state index >= 15 is 0 Å². The Labute approximate surface area is 154 Å². The molecule has 0 bridgehead atoms. The van der Waals surface area contributed by atoms with Gasteiger partial charge in [-0.05, 0) is 35.7 Å². The zero-order chi connectivity index (χ0) is 17.6. The summed E-state index contributed by atoms with van der Waals surface area (Å²) in [6.45, 7) is 1.29. The van der Waals surface area contributed by atoms with Gasteiger partial charge in [0.25, 0.3) is 5.88 Å². The molecule has 0 spiro atoms. The summed E-state index contributed by atoms with van der Waals surface area (Å²) >= 11 is 8.61. The number of ether oxygens (including phenoxy) is 1. The van der Waals surface area contributed by atoms with Crippen molar-refractivity contribution in [2.75, 3.05) is 0 Å². The molecule has 25 heavy (non-hydrogen) atoms. The fourth-order valence-electron chi connectivity index (χ4n) is 2.32. The smallest absolute Gasteiger partial charge is 0.309 e. The van der Waals surface area contributed by atoms with Gasteiger partial charge in [-0.1, -0.05) is 17.7 Å². The molecule has 0 aliphatic heterocycles. The largest absolute Gasteiger partial charge is 0.430 e. The second-order valence-corrected chi connectivity index (χ2v) is 7.94. The average Bonchev–Trinajstić information content (AvgIpc) is 3.24. The van der Waals surface area contributed by atoms with Crippen LogP contribution in [0.5, 0.6) is 5.88 Å². The fourth-order valence-corrected chi connectivity index (χ4v) is 4.35. The molecule has 8 heteroatoms. The van der Waals surface area contributed by atoms with Crippen LogP contribution in [-0.2, 0) is 4.79 Å². The topological polar surface area (TPSA) is 52.3 Å². The first-order valence-electron chi connectivity index (χ1n) is 7.14. The molecule has 0 N–H and O–H groups in total. The molecule has 4 nitrogen and oxygen atoms in total. The first-order chi connectivity index (χ1) is 12.0. The zero-order valence-corrected chi connectivity index (χ0v) is 15.1. The van der Waals surface area contributed by atoms with Crippen LogP contribution in [-0.4, -0.2) is 11.0 Å². The number of aromatic nitrogens is 1. The fraction of sp³-hybridized carbons (Fsp3) is 0.0588. The van der Waals surface area contributed by atoms with Gasteiger partial charge in [0.05, 0.1) is 14.1 Å². The van der Waals surface area contributed by atoms with Crippen LogP contribution in [0.1, 0.15) is 6.92 Å². The number of thiophene rings is 2. The Hall–Kier alpha value is -2.22. The van der Waals surface area contributed by atoms with Crippen molar-refractivity contribution in [1.29, 1.82) is 0 Å². The third kappa shape index (κ3) is 3.18. The predicted molar refractivity (Wildman–Crippen MR) is 96.9 cm³/mol. The second-order valence-electron chi connectivity index (χ2n) is 5.14. The molecule has 3 heterocycles. The summed E-state index contributed by atoms with van der Waals surface area (Å²) < 4.78 is 25.8. The SMILES string of the molecule is CC(=O)Oc1nc(-c2cc3ccc(F)cc3s2)oc1-c1ccc(Cl)s1. The summed E-state index contributed by atoms with van der Waals surface area (Å²) in [5, 5.41) is 0.884. The lowest BCUT2D eigenvalue weighted by molar-refractivity contribution is -0.132. The Morgan fingerprint density at radius 1 is 1.20 bits per heavy atom. The molecule has 0 saturated carbocycles. The van der Waals surface area contributed by atoms with Gasteiger partial charge in [0.1, 0.15) is 5.82 Å². The third-order valence-corrected chi connectivity index (χ3v) is 5.64. The summed E-state index contributed by atoms with van der Waals surface area (Å²) in [7, 11) is 0. The van der Waals surface area contributed by atoms with Gasteiger partial charge in [-0.2, -0.15) is 4.98 Å². The number of carbonyl (C=O) groups is 1. The molecule has 0 fully saturated rings. The number of esters is 1. The highest BCUT2D eigenvalue weighted by molar-refractivity contribution is 7.22. The minimum atomic E-state index is -0.498. The maximum atomic E-state index is 13.4. The van der Waals surface area contributed by atoms with Crippen molar-refractivity contribution < 1.29 is 18.3 Å². The van der Waals surface area contributed by atoms with E-state index in [1.54, 1.807) is 18.2 Å². The van der Waals surface area contributed by atoms with Crippen molar-refractivity contribution in [3.8, 4) is 27.3 Å². The first kappa shape index (κ1) is 16.3. The van der Waals surface area contributed by atoms with Gasteiger partial charge in [-0.3, -0.25) is 4.79 Å². The van der Waals surface area contributed by atoms with Crippen molar-refractivity contribution in [3.05, 3.63) is 46.6 Å². The highest BCUT2D eigenvalue weighted by atomic mass is 35.5. The minimum Gasteiger partial charge on any atom is -0.430 e. The number of fused-ring (bicyclic) bond motifs is 1. The molecule has 0 radical (unpaired) electrons. The van der Waals surface area contributed by atoms with E-state index in [9.17, 15) is 9.18 Å². The van der Waals surface area contributed by atoms with Gasteiger partial charge in [0.15, 0.2) is 0 Å². The van der Waals surface area contributed by atoms with Crippen molar-refractivity contribution in [2.24, 2.45) is 0 Å². The molecule has 126 valence electrons. The van der Waals surface area contributed by atoms with Gasteiger partial charge in [-0.25, -0.2) is 4.39 Å². The molecule has 0 aliphatic carbocycles. The minimum absolute atomic E-state index is 0.0876. The Morgan fingerprint density at radius 3 is 2.76 bits per heavy atom. The third-order valence-electron chi connectivity index (χ3n) is 3.33. The Kier molecular flexibility index (Phi) is 4.07. The van der Waals surface area contributed by atoms with E-state index in [0.717, 1.165) is 10.1 Å². The molecule has 0 amide bonds. The standard InChI is InChI=1S/C17H9ClFNO3S2/c1-8(21)22-17-15(11-4-5-14(18)25-11)23-16(20-17)13-6-9-2-3-10(19)7-12(9)24-13/h2-7H,1H3. The number of benzene rings is 1. The van der Waals surface area contributed by atoms with Gasteiger partial charge >= 0.3 is 5.97 Å². The average molecular weight is 394 g/mol. The maximum Gasteiger partial charge on any atom is 0.309 e. The monoisotopic (exact) mass is 393 g/mol. The summed E-state index contributed by atoms with van der Waals surface area (Å²) in [5.41, 5.74) is 0. The molecule has 3 aromatic heterocycles. The molecule has 4 rings (SSSR count). The highest BCUT2D eigenvalue weighted by Crippen LogP contribution is 2.42. The number of halogens is 2. The summed E-state index contributed by atoms with van der Waals surface area (Å²) in [6.07, 6.45) is 0. The number of rotatable bonds is 3. The summed E-state index contributed by atoms with van der Waals surface area (Å²) in [6, 6.07) is 9.90. The quantitative estimate of drug-likeness (QED) is 0.400. The highest BCUT2D eigenvalue weighted by Gasteiger charge is 2.22. The maximum absolute atomic E-state index is 13.4. The molecule has 0 saturated heterocycles. The van der Waals surface area contributed by atoms with Crippen LogP contribution in [0.3, 0.4) is 0 Å². The number of hydrogen-bond donors (Lipinski definition) is 0. The van der Waals surface area contributed by atoms with Crippen molar-refractivity contribution in [3.63, 3.8) is 0 Å². The Morgan fingerprint density at radius 2 is 2.04 bits per heavy atom.